The number of aliphatic imine (C=N–C) groups is 1. The van der Waals surface area contributed by atoms with Crippen molar-refractivity contribution in [3.63, 3.8) is 0 Å². The summed E-state index contributed by atoms with van der Waals surface area (Å²) in [4.78, 5) is 8.48. The first-order valence-corrected chi connectivity index (χ1v) is 5.91. The Labute approximate surface area is 98.9 Å². The zero-order valence-electron chi connectivity index (χ0n) is 9.45. The zero-order valence-corrected chi connectivity index (χ0v) is 9.45. The summed E-state index contributed by atoms with van der Waals surface area (Å²) < 4.78 is 18.9. The maximum absolute atomic E-state index is 13.6. The highest BCUT2D eigenvalue weighted by Crippen LogP contribution is 2.29. The van der Waals surface area contributed by atoms with Crippen LogP contribution in [0.25, 0.3) is 0 Å². The second-order valence-electron chi connectivity index (χ2n) is 4.28. The van der Waals surface area contributed by atoms with E-state index >= 15 is 0 Å². The van der Waals surface area contributed by atoms with Crippen molar-refractivity contribution < 1.29 is 9.13 Å². The number of nitrogens with zero attached hydrogens (tertiary/aromatic N) is 2. The lowest BCUT2D eigenvalue weighted by Gasteiger charge is -2.25. The molecule has 1 unspecified atom stereocenters. The Kier molecular flexibility index (Phi) is 2.66. The molecule has 1 aliphatic carbocycles. The van der Waals surface area contributed by atoms with E-state index < -0.39 is 0 Å². The molecule has 3 rings (SSSR count). The number of rotatable bonds is 1. The van der Waals surface area contributed by atoms with Gasteiger partial charge in [-0.15, -0.1) is 0 Å². The molecular weight excluding hydrogens is 221 g/mol. The summed E-state index contributed by atoms with van der Waals surface area (Å²) in [6, 6.07) is 2.00. The molecule has 90 valence electrons. The number of aromatic nitrogens is 1. The highest BCUT2D eigenvalue weighted by atomic mass is 19.1. The highest BCUT2D eigenvalue weighted by molar-refractivity contribution is 5.75. The number of halogens is 1. The number of hydrogen-bond donors (Lipinski definition) is 1. The summed E-state index contributed by atoms with van der Waals surface area (Å²) in [6.07, 6.45) is 4.18. The van der Waals surface area contributed by atoms with Crippen LogP contribution in [0.3, 0.4) is 0 Å². The van der Waals surface area contributed by atoms with Crippen LogP contribution < -0.4 is 5.32 Å². The third-order valence-corrected chi connectivity index (χ3v) is 3.16. The summed E-state index contributed by atoms with van der Waals surface area (Å²) >= 11 is 0. The average Bonchev–Trinajstić information content (AvgIpc) is 2.83. The van der Waals surface area contributed by atoms with Crippen LogP contribution in [-0.2, 0) is 11.2 Å². The number of fused-ring (bicyclic) bond motifs is 1. The molecule has 0 fully saturated rings. The van der Waals surface area contributed by atoms with Gasteiger partial charge in [0.05, 0.1) is 18.3 Å². The summed E-state index contributed by atoms with van der Waals surface area (Å²) in [5.41, 5.74) is 1.53. The average molecular weight is 235 g/mol. The van der Waals surface area contributed by atoms with Gasteiger partial charge in [-0.1, -0.05) is 0 Å². The molecular formula is C12H14FN3O. The summed E-state index contributed by atoms with van der Waals surface area (Å²) in [6.45, 7) is 1.32. The van der Waals surface area contributed by atoms with E-state index in [9.17, 15) is 4.39 Å². The fraction of sp³-hybridized carbons (Fsp3) is 0.500. The van der Waals surface area contributed by atoms with Gasteiger partial charge in [0, 0.05) is 11.8 Å². The lowest BCUT2D eigenvalue weighted by molar-refractivity contribution is 0.320. The van der Waals surface area contributed by atoms with Gasteiger partial charge in [0.2, 0.25) is 0 Å². The van der Waals surface area contributed by atoms with Gasteiger partial charge in [-0.05, 0) is 25.3 Å². The van der Waals surface area contributed by atoms with Gasteiger partial charge in [-0.3, -0.25) is 4.98 Å². The minimum Gasteiger partial charge on any atom is -0.463 e. The van der Waals surface area contributed by atoms with Gasteiger partial charge < -0.3 is 10.1 Å². The van der Waals surface area contributed by atoms with Crippen molar-refractivity contribution in [2.45, 2.75) is 25.3 Å². The van der Waals surface area contributed by atoms with Gasteiger partial charge in [0.15, 0.2) is 0 Å². The predicted molar refractivity (Wildman–Crippen MR) is 61.3 cm³/mol. The van der Waals surface area contributed by atoms with Crippen molar-refractivity contribution >= 4 is 6.02 Å². The fourth-order valence-electron chi connectivity index (χ4n) is 2.36. The SMILES string of the molecule is Fc1ccnc2c1CCCC2NC1=NCCO1. The van der Waals surface area contributed by atoms with E-state index in [0.717, 1.165) is 30.5 Å². The topological polar surface area (TPSA) is 46.5 Å². The van der Waals surface area contributed by atoms with E-state index in [1.165, 1.54) is 12.3 Å². The Bertz CT molecular complexity index is 461. The Balaban J connectivity index is 1.86. The molecule has 17 heavy (non-hydrogen) atoms. The van der Waals surface area contributed by atoms with Gasteiger partial charge in [0.1, 0.15) is 12.4 Å². The number of nitrogens with one attached hydrogen (secondary N) is 1. The molecule has 1 aliphatic heterocycles. The largest absolute Gasteiger partial charge is 0.463 e. The summed E-state index contributed by atoms with van der Waals surface area (Å²) in [7, 11) is 0. The molecule has 1 atom stereocenters. The molecule has 5 heteroatoms. The maximum atomic E-state index is 13.6. The molecule has 0 aromatic carbocycles. The van der Waals surface area contributed by atoms with Gasteiger partial charge in [0.25, 0.3) is 6.02 Å². The van der Waals surface area contributed by atoms with Crippen LogP contribution in [0, 0.1) is 5.82 Å². The Morgan fingerprint density at radius 2 is 2.41 bits per heavy atom. The number of hydrogen-bond acceptors (Lipinski definition) is 4. The Morgan fingerprint density at radius 3 is 3.24 bits per heavy atom. The van der Waals surface area contributed by atoms with Crippen molar-refractivity contribution in [2.24, 2.45) is 4.99 Å². The fourth-order valence-corrected chi connectivity index (χ4v) is 2.36. The standard InChI is InChI=1S/C12H14FN3O/c13-9-4-5-14-11-8(9)2-1-3-10(11)16-12-15-6-7-17-12/h4-5,10H,1-3,6-7H2,(H,15,16). The molecule has 0 bridgehead atoms. The summed E-state index contributed by atoms with van der Waals surface area (Å²) in [5, 5.41) is 3.20. The van der Waals surface area contributed by atoms with Crippen molar-refractivity contribution in [1.29, 1.82) is 0 Å². The minimum atomic E-state index is -0.157. The number of amidine groups is 1. The van der Waals surface area contributed by atoms with Crippen molar-refractivity contribution in [1.82, 2.24) is 10.3 Å². The molecule has 1 aromatic rings. The molecule has 1 N–H and O–H groups in total. The van der Waals surface area contributed by atoms with Crippen LogP contribution in [0.5, 0.6) is 0 Å². The van der Waals surface area contributed by atoms with Crippen LogP contribution in [-0.4, -0.2) is 24.2 Å². The molecule has 0 amide bonds. The third-order valence-electron chi connectivity index (χ3n) is 3.16. The van der Waals surface area contributed by atoms with E-state index in [4.69, 9.17) is 4.74 Å². The van der Waals surface area contributed by atoms with E-state index in [1.807, 2.05) is 0 Å². The first-order chi connectivity index (χ1) is 8.34. The van der Waals surface area contributed by atoms with Crippen LogP contribution in [0.2, 0.25) is 0 Å². The van der Waals surface area contributed by atoms with E-state index in [2.05, 4.69) is 15.3 Å². The molecule has 0 radical (unpaired) electrons. The first kappa shape index (κ1) is 10.5. The van der Waals surface area contributed by atoms with Gasteiger partial charge in [-0.25, -0.2) is 9.38 Å². The molecule has 1 aromatic heterocycles. The molecule has 0 saturated heterocycles. The molecule has 2 aliphatic rings. The van der Waals surface area contributed by atoms with Crippen LogP contribution >= 0.6 is 0 Å². The molecule has 2 heterocycles. The van der Waals surface area contributed by atoms with E-state index in [-0.39, 0.29) is 11.9 Å². The molecule has 4 nitrogen and oxygen atoms in total. The first-order valence-electron chi connectivity index (χ1n) is 5.91. The molecule has 0 spiro atoms. The lowest BCUT2D eigenvalue weighted by atomic mass is 9.91. The number of ether oxygens (including phenoxy) is 1. The Hall–Kier alpha value is -1.65. The lowest BCUT2D eigenvalue weighted by Crippen LogP contribution is -2.32. The van der Waals surface area contributed by atoms with Crippen LogP contribution in [0.1, 0.15) is 30.1 Å². The van der Waals surface area contributed by atoms with Crippen molar-refractivity contribution in [3.8, 4) is 0 Å². The van der Waals surface area contributed by atoms with Gasteiger partial charge in [-0.2, -0.15) is 0 Å². The third kappa shape index (κ3) is 1.97. The number of pyridine rings is 1. The second-order valence-corrected chi connectivity index (χ2v) is 4.28. The van der Waals surface area contributed by atoms with E-state index in [1.54, 1.807) is 0 Å². The van der Waals surface area contributed by atoms with Crippen LogP contribution in [0.15, 0.2) is 17.3 Å². The summed E-state index contributed by atoms with van der Waals surface area (Å²) in [5.74, 6) is -0.157. The zero-order chi connectivity index (χ0) is 11.7. The smallest absolute Gasteiger partial charge is 0.285 e. The normalized spacial score (nSPS) is 22.6. The maximum Gasteiger partial charge on any atom is 0.285 e. The van der Waals surface area contributed by atoms with Gasteiger partial charge >= 0.3 is 0 Å². The molecule has 0 saturated carbocycles. The monoisotopic (exact) mass is 235 g/mol. The van der Waals surface area contributed by atoms with Crippen LogP contribution in [0.4, 0.5) is 4.39 Å². The second kappa shape index (κ2) is 4.31. The van der Waals surface area contributed by atoms with Crippen molar-refractivity contribution in [3.05, 3.63) is 29.3 Å². The van der Waals surface area contributed by atoms with Crippen molar-refractivity contribution in [2.75, 3.05) is 13.2 Å². The van der Waals surface area contributed by atoms with E-state index in [0.29, 0.717) is 19.2 Å². The quantitative estimate of drug-likeness (QED) is 0.803. The Morgan fingerprint density at radius 1 is 1.47 bits per heavy atom. The predicted octanol–water partition coefficient (Wildman–Crippen LogP) is 1.57. The minimum absolute atomic E-state index is 0.0197. The highest BCUT2D eigenvalue weighted by Gasteiger charge is 2.25.